The maximum atomic E-state index is 11.7. The summed E-state index contributed by atoms with van der Waals surface area (Å²) in [6.07, 6.45) is 6.34. The third kappa shape index (κ3) is 2.23. The molecule has 0 N–H and O–H groups in total. The lowest BCUT2D eigenvalue weighted by Crippen LogP contribution is -2.24. The Morgan fingerprint density at radius 1 is 1.33 bits per heavy atom. The summed E-state index contributed by atoms with van der Waals surface area (Å²) in [5.74, 6) is 0.858. The molecule has 3 heteroatoms. The van der Waals surface area contributed by atoms with E-state index in [1.807, 2.05) is 13.8 Å². The number of hydrogen-bond acceptors (Lipinski definition) is 2. The molecule has 0 radical (unpaired) electrons. The van der Waals surface area contributed by atoms with Crippen LogP contribution in [0.4, 0.5) is 0 Å². The summed E-state index contributed by atoms with van der Waals surface area (Å²) in [5.41, 5.74) is 2.78. The summed E-state index contributed by atoms with van der Waals surface area (Å²) < 4.78 is 2.14. The molecule has 0 aliphatic heterocycles. The van der Waals surface area contributed by atoms with Gasteiger partial charge in [0.05, 0.1) is 17.3 Å². The van der Waals surface area contributed by atoms with Gasteiger partial charge in [0.1, 0.15) is 0 Å². The molecule has 1 aliphatic carbocycles. The fourth-order valence-electron chi connectivity index (χ4n) is 3.48. The highest BCUT2D eigenvalue weighted by molar-refractivity contribution is 5.96. The van der Waals surface area contributed by atoms with Gasteiger partial charge in [-0.05, 0) is 39.5 Å². The van der Waals surface area contributed by atoms with Gasteiger partial charge >= 0.3 is 0 Å². The van der Waals surface area contributed by atoms with Crippen LogP contribution in [0, 0.1) is 19.8 Å². The fraction of sp³-hybridized carbons (Fsp3) is 0.733. The van der Waals surface area contributed by atoms with Crippen LogP contribution >= 0.6 is 0 Å². The van der Waals surface area contributed by atoms with E-state index in [2.05, 4.69) is 16.7 Å². The quantitative estimate of drug-likeness (QED) is 0.762. The number of aryl methyl sites for hydroxylation is 1. The van der Waals surface area contributed by atoms with Gasteiger partial charge in [0.2, 0.25) is 0 Å². The minimum absolute atomic E-state index is 0.139. The Morgan fingerprint density at radius 3 is 2.56 bits per heavy atom. The molecule has 1 saturated carbocycles. The van der Waals surface area contributed by atoms with Crippen LogP contribution in [0.15, 0.2) is 0 Å². The van der Waals surface area contributed by atoms with E-state index in [-0.39, 0.29) is 5.78 Å². The van der Waals surface area contributed by atoms with E-state index in [0.717, 1.165) is 22.9 Å². The number of rotatable bonds is 3. The first-order valence-electron chi connectivity index (χ1n) is 7.12. The smallest absolute Gasteiger partial charge is 0.163 e. The number of aromatic nitrogens is 2. The van der Waals surface area contributed by atoms with Gasteiger partial charge < -0.3 is 0 Å². The summed E-state index contributed by atoms with van der Waals surface area (Å²) >= 11 is 0. The molecule has 0 bridgehead atoms. The fourth-order valence-corrected chi connectivity index (χ4v) is 3.48. The molecule has 2 unspecified atom stereocenters. The zero-order valence-electron chi connectivity index (χ0n) is 12.0. The van der Waals surface area contributed by atoms with Crippen LogP contribution in [-0.2, 0) is 0 Å². The summed E-state index contributed by atoms with van der Waals surface area (Å²) in [6.45, 7) is 7.89. The van der Waals surface area contributed by atoms with E-state index < -0.39 is 0 Å². The molecule has 1 aromatic rings. The van der Waals surface area contributed by atoms with Gasteiger partial charge in [0.25, 0.3) is 0 Å². The molecule has 1 aromatic heterocycles. The first-order valence-corrected chi connectivity index (χ1v) is 7.12. The summed E-state index contributed by atoms with van der Waals surface area (Å²) in [7, 11) is 0. The van der Waals surface area contributed by atoms with Crippen molar-refractivity contribution in [2.24, 2.45) is 5.92 Å². The average molecular weight is 248 g/mol. The number of nitrogens with zero attached hydrogens (tertiary/aromatic N) is 2. The highest BCUT2D eigenvalue weighted by atomic mass is 16.1. The second-order valence-corrected chi connectivity index (χ2v) is 5.57. The minimum Gasteiger partial charge on any atom is -0.294 e. The van der Waals surface area contributed by atoms with Gasteiger partial charge in [-0.25, -0.2) is 0 Å². The number of Topliss-reactive ketones (excluding diaryl/α,β-unsaturated/α-hetero) is 1. The second kappa shape index (κ2) is 5.25. The third-order valence-corrected chi connectivity index (χ3v) is 4.38. The van der Waals surface area contributed by atoms with E-state index in [0.29, 0.717) is 6.04 Å². The van der Waals surface area contributed by atoms with Crippen molar-refractivity contribution < 1.29 is 4.79 Å². The first kappa shape index (κ1) is 13.3. The van der Waals surface area contributed by atoms with Crippen LogP contribution in [0.5, 0.6) is 0 Å². The molecule has 100 valence electrons. The molecule has 0 aromatic carbocycles. The largest absolute Gasteiger partial charge is 0.294 e. The maximum absolute atomic E-state index is 11.7. The number of carbonyl (C=O) groups excluding carboxylic acids is 1. The van der Waals surface area contributed by atoms with Crippen molar-refractivity contribution in [3.63, 3.8) is 0 Å². The lowest BCUT2D eigenvalue weighted by atomic mass is 9.83. The Hall–Kier alpha value is -1.12. The molecule has 1 aliphatic rings. The summed E-state index contributed by atoms with van der Waals surface area (Å²) in [6, 6.07) is 0.496. The lowest BCUT2D eigenvalue weighted by Gasteiger charge is -2.32. The molecule has 2 atom stereocenters. The van der Waals surface area contributed by atoms with Crippen LogP contribution in [0.2, 0.25) is 0 Å². The van der Waals surface area contributed by atoms with Crippen molar-refractivity contribution >= 4 is 5.78 Å². The standard InChI is InChI=1S/C15H24N2O/c1-5-13-8-6-7-9-14(13)17-11(3)15(12(4)18)10(2)16-17/h13-14H,5-9H2,1-4H3. The van der Waals surface area contributed by atoms with E-state index in [4.69, 9.17) is 0 Å². The van der Waals surface area contributed by atoms with E-state index in [1.165, 1.54) is 32.1 Å². The van der Waals surface area contributed by atoms with Crippen molar-refractivity contribution in [1.29, 1.82) is 0 Å². The Labute approximate surface area is 110 Å². The van der Waals surface area contributed by atoms with Crippen molar-refractivity contribution in [3.05, 3.63) is 17.0 Å². The minimum atomic E-state index is 0.139. The summed E-state index contributed by atoms with van der Waals surface area (Å²) in [4.78, 5) is 11.7. The molecule has 1 fully saturated rings. The van der Waals surface area contributed by atoms with E-state index >= 15 is 0 Å². The SMILES string of the molecule is CCC1CCCCC1n1nc(C)c(C(C)=O)c1C. The zero-order chi connectivity index (χ0) is 13.3. The van der Waals surface area contributed by atoms with Crippen molar-refractivity contribution in [3.8, 4) is 0 Å². The Bertz CT molecular complexity index is 448. The average Bonchev–Trinajstić information content (AvgIpc) is 2.64. The van der Waals surface area contributed by atoms with Crippen LogP contribution < -0.4 is 0 Å². The molecule has 1 heterocycles. The molecule has 3 nitrogen and oxygen atoms in total. The Balaban J connectivity index is 2.38. The van der Waals surface area contributed by atoms with Crippen LogP contribution in [0.25, 0.3) is 0 Å². The first-order chi connectivity index (χ1) is 8.56. The molecular weight excluding hydrogens is 224 g/mol. The van der Waals surface area contributed by atoms with Crippen LogP contribution in [0.1, 0.15) is 73.7 Å². The Kier molecular flexibility index (Phi) is 3.88. The lowest BCUT2D eigenvalue weighted by molar-refractivity contribution is 0.101. The van der Waals surface area contributed by atoms with Crippen molar-refractivity contribution in [2.45, 2.75) is 65.8 Å². The molecule has 0 spiro atoms. The van der Waals surface area contributed by atoms with E-state index in [9.17, 15) is 4.79 Å². The molecule has 0 amide bonds. The molecular formula is C15H24N2O. The van der Waals surface area contributed by atoms with Gasteiger partial charge in [-0.2, -0.15) is 5.10 Å². The highest BCUT2D eigenvalue weighted by Gasteiger charge is 2.28. The van der Waals surface area contributed by atoms with Crippen molar-refractivity contribution in [1.82, 2.24) is 9.78 Å². The van der Waals surface area contributed by atoms with E-state index in [1.54, 1.807) is 6.92 Å². The normalized spacial score (nSPS) is 24.2. The van der Waals surface area contributed by atoms with Gasteiger partial charge in [-0.3, -0.25) is 9.48 Å². The van der Waals surface area contributed by atoms with Crippen molar-refractivity contribution in [2.75, 3.05) is 0 Å². The van der Waals surface area contributed by atoms with Crippen LogP contribution in [-0.4, -0.2) is 15.6 Å². The summed E-state index contributed by atoms with van der Waals surface area (Å²) in [5, 5.41) is 4.65. The van der Waals surface area contributed by atoms with Gasteiger partial charge in [-0.15, -0.1) is 0 Å². The predicted octanol–water partition coefficient (Wildman–Crippen LogP) is 3.84. The highest BCUT2D eigenvalue weighted by Crippen LogP contribution is 2.37. The second-order valence-electron chi connectivity index (χ2n) is 5.57. The maximum Gasteiger partial charge on any atom is 0.163 e. The molecule has 18 heavy (non-hydrogen) atoms. The third-order valence-electron chi connectivity index (χ3n) is 4.38. The number of ketones is 1. The number of hydrogen-bond donors (Lipinski definition) is 0. The Morgan fingerprint density at radius 2 is 2.00 bits per heavy atom. The topological polar surface area (TPSA) is 34.9 Å². The van der Waals surface area contributed by atoms with Gasteiger partial charge in [0.15, 0.2) is 5.78 Å². The van der Waals surface area contributed by atoms with Gasteiger partial charge in [0, 0.05) is 5.69 Å². The molecule has 2 rings (SSSR count). The monoisotopic (exact) mass is 248 g/mol. The predicted molar refractivity (Wildman–Crippen MR) is 73.0 cm³/mol. The van der Waals surface area contributed by atoms with Crippen LogP contribution in [0.3, 0.4) is 0 Å². The number of carbonyl (C=O) groups is 1. The molecule has 0 saturated heterocycles. The van der Waals surface area contributed by atoms with Gasteiger partial charge in [-0.1, -0.05) is 26.2 Å². The zero-order valence-corrected chi connectivity index (χ0v) is 12.0.